The van der Waals surface area contributed by atoms with Gasteiger partial charge in [0.25, 0.3) is 0 Å². The standard InChI is InChI=1S/C15H12INO3/c1-15-6-5-10(20-15)11-12(15)14(19)17(13(11)18)9-4-2-3-8(16)7-9/h2-7,10-12H,1H3/t10-,11+,12-,15+/m1/s1. The number of anilines is 1. The predicted octanol–water partition coefficient (Wildman–Crippen LogP) is 2.12. The molecule has 4 atom stereocenters. The lowest BCUT2D eigenvalue weighted by Crippen LogP contribution is -2.38. The van der Waals surface area contributed by atoms with Crippen LogP contribution in [0.4, 0.5) is 5.69 Å². The quantitative estimate of drug-likeness (QED) is 0.426. The molecule has 0 aromatic heterocycles. The third-order valence-corrected chi connectivity index (χ3v) is 5.07. The van der Waals surface area contributed by atoms with Gasteiger partial charge in [0.05, 0.1) is 29.2 Å². The van der Waals surface area contributed by atoms with E-state index in [-0.39, 0.29) is 29.8 Å². The first kappa shape index (κ1) is 12.5. The molecule has 0 aliphatic carbocycles. The third-order valence-electron chi connectivity index (χ3n) is 4.40. The van der Waals surface area contributed by atoms with Crippen molar-refractivity contribution in [1.29, 1.82) is 0 Å². The Bertz CT molecular complexity index is 671. The van der Waals surface area contributed by atoms with Gasteiger partial charge in [-0.2, -0.15) is 0 Å². The molecule has 0 N–H and O–H groups in total. The van der Waals surface area contributed by atoms with Crippen molar-refractivity contribution in [1.82, 2.24) is 0 Å². The van der Waals surface area contributed by atoms with E-state index < -0.39 is 5.60 Å². The molecule has 5 heteroatoms. The Hall–Kier alpha value is -1.21. The molecule has 3 aliphatic heterocycles. The number of nitrogens with zero attached hydrogens (tertiary/aromatic N) is 1. The van der Waals surface area contributed by atoms with Crippen molar-refractivity contribution in [2.75, 3.05) is 4.90 Å². The Kier molecular flexibility index (Phi) is 2.45. The molecule has 0 saturated carbocycles. The highest BCUT2D eigenvalue weighted by molar-refractivity contribution is 14.1. The zero-order valence-electron chi connectivity index (χ0n) is 10.7. The number of imide groups is 1. The van der Waals surface area contributed by atoms with E-state index in [1.54, 1.807) is 6.07 Å². The maximum Gasteiger partial charge on any atom is 0.241 e. The Morgan fingerprint density at radius 2 is 2.10 bits per heavy atom. The van der Waals surface area contributed by atoms with Crippen molar-refractivity contribution >= 4 is 40.1 Å². The minimum absolute atomic E-state index is 0.139. The summed E-state index contributed by atoms with van der Waals surface area (Å²) in [5.41, 5.74) is 0.0305. The maximum atomic E-state index is 12.7. The van der Waals surface area contributed by atoms with E-state index in [9.17, 15) is 9.59 Å². The molecule has 4 rings (SSSR count). The number of carbonyl (C=O) groups excluding carboxylic acids is 2. The van der Waals surface area contributed by atoms with Gasteiger partial charge in [-0.1, -0.05) is 18.2 Å². The van der Waals surface area contributed by atoms with Gasteiger partial charge >= 0.3 is 0 Å². The summed E-state index contributed by atoms with van der Waals surface area (Å²) in [7, 11) is 0. The summed E-state index contributed by atoms with van der Waals surface area (Å²) in [6.45, 7) is 1.89. The van der Waals surface area contributed by atoms with Crippen LogP contribution >= 0.6 is 22.6 Å². The maximum absolute atomic E-state index is 12.7. The van der Waals surface area contributed by atoms with Crippen molar-refractivity contribution in [2.24, 2.45) is 11.8 Å². The highest BCUT2D eigenvalue weighted by Crippen LogP contribution is 2.52. The fourth-order valence-corrected chi connectivity index (χ4v) is 4.05. The van der Waals surface area contributed by atoms with Gasteiger partial charge in [-0.15, -0.1) is 0 Å². The second-order valence-corrected chi connectivity index (χ2v) is 6.87. The van der Waals surface area contributed by atoms with Crippen LogP contribution in [0.2, 0.25) is 0 Å². The van der Waals surface area contributed by atoms with Gasteiger partial charge < -0.3 is 4.74 Å². The third kappa shape index (κ3) is 1.45. The van der Waals surface area contributed by atoms with Crippen LogP contribution in [0.15, 0.2) is 36.4 Å². The first-order valence-electron chi connectivity index (χ1n) is 6.52. The molecule has 4 nitrogen and oxygen atoms in total. The van der Waals surface area contributed by atoms with Crippen LogP contribution in [0, 0.1) is 15.4 Å². The summed E-state index contributed by atoms with van der Waals surface area (Å²) in [4.78, 5) is 26.7. The van der Waals surface area contributed by atoms with Gasteiger partial charge in [-0.05, 0) is 47.7 Å². The number of fused-ring (bicyclic) bond motifs is 5. The van der Waals surface area contributed by atoms with Gasteiger partial charge in [0.2, 0.25) is 11.8 Å². The van der Waals surface area contributed by atoms with Crippen molar-refractivity contribution in [3.05, 3.63) is 40.0 Å². The Morgan fingerprint density at radius 3 is 2.80 bits per heavy atom. The molecule has 2 fully saturated rings. The fraction of sp³-hybridized carbons (Fsp3) is 0.333. The number of benzene rings is 1. The molecule has 0 spiro atoms. The molecule has 3 aliphatic rings. The predicted molar refractivity (Wildman–Crippen MR) is 81.1 cm³/mol. The van der Waals surface area contributed by atoms with Gasteiger partial charge in [0.15, 0.2) is 0 Å². The van der Waals surface area contributed by atoms with Gasteiger partial charge in [0.1, 0.15) is 0 Å². The van der Waals surface area contributed by atoms with Crippen molar-refractivity contribution in [2.45, 2.75) is 18.6 Å². The lowest BCUT2D eigenvalue weighted by atomic mass is 9.78. The van der Waals surface area contributed by atoms with Crippen LogP contribution < -0.4 is 4.90 Å². The van der Waals surface area contributed by atoms with Crippen LogP contribution in [0.5, 0.6) is 0 Å². The highest BCUT2D eigenvalue weighted by atomic mass is 127. The zero-order valence-corrected chi connectivity index (χ0v) is 12.9. The summed E-state index contributed by atoms with van der Waals surface area (Å²) in [6.07, 6.45) is 3.57. The normalized spacial score (nSPS) is 37.9. The Balaban J connectivity index is 1.79. The Morgan fingerprint density at radius 1 is 1.30 bits per heavy atom. The number of hydrogen-bond donors (Lipinski definition) is 0. The molecule has 2 saturated heterocycles. The number of halogens is 1. The van der Waals surface area contributed by atoms with Crippen LogP contribution in [0.25, 0.3) is 0 Å². The molecule has 1 aromatic rings. The van der Waals surface area contributed by atoms with E-state index in [2.05, 4.69) is 22.6 Å². The van der Waals surface area contributed by atoms with Crippen molar-refractivity contribution in [3.8, 4) is 0 Å². The number of carbonyl (C=O) groups is 2. The molecular weight excluding hydrogens is 369 g/mol. The first-order valence-corrected chi connectivity index (χ1v) is 7.60. The topological polar surface area (TPSA) is 46.6 Å². The molecule has 102 valence electrons. The summed E-state index contributed by atoms with van der Waals surface area (Å²) in [5.74, 6) is -1.03. The minimum Gasteiger partial charge on any atom is -0.362 e. The van der Waals surface area contributed by atoms with E-state index >= 15 is 0 Å². The first-order chi connectivity index (χ1) is 9.51. The van der Waals surface area contributed by atoms with Crippen molar-refractivity contribution in [3.63, 3.8) is 0 Å². The molecule has 0 unspecified atom stereocenters. The zero-order chi connectivity index (χ0) is 14.1. The highest BCUT2D eigenvalue weighted by Gasteiger charge is 2.65. The molecule has 3 heterocycles. The summed E-state index contributed by atoms with van der Waals surface area (Å²) in [5, 5.41) is 0. The lowest BCUT2D eigenvalue weighted by Gasteiger charge is -2.24. The van der Waals surface area contributed by atoms with Crippen molar-refractivity contribution < 1.29 is 14.3 Å². The SMILES string of the molecule is C[C@@]12C=C[C@@H](O1)[C@@H]1C(=O)N(c3cccc(I)c3)C(=O)[C@@H]12. The molecule has 2 amide bonds. The smallest absolute Gasteiger partial charge is 0.241 e. The molecule has 20 heavy (non-hydrogen) atoms. The van der Waals surface area contributed by atoms with E-state index in [1.165, 1.54) is 4.90 Å². The molecule has 0 radical (unpaired) electrons. The van der Waals surface area contributed by atoms with Crippen LogP contribution in [-0.2, 0) is 14.3 Å². The van der Waals surface area contributed by atoms with Crippen LogP contribution in [-0.4, -0.2) is 23.5 Å². The average molecular weight is 381 g/mol. The summed E-state index contributed by atoms with van der Waals surface area (Å²) in [6, 6.07) is 7.45. The average Bonchev–Trinajstić information content (AvgIpc) is 2.99. The van der Waals surface area contributed by atoms with E-state index in [4.69, 9.17) is 4.74 Å². The number of ether oxygens (including phenoxy) is 1. The van der Waals surface area contributed by atoms with E-state index in [0.29, 0.717) is 5.69 Å². The molecule has 2 bridgehead atoms. The fourth-order valence-electron chi connectivity index (χ4n) is 3.52. The van der Waals surface area contributed by atoms with Crippen LogP contribution in [0.3, 0.4) is 0 Å². The number of hydrogen-bond acceptors (Lipinski definition) is 3. The minimum atomic E-state index is -0.626. The van der Waals surface area contributed by atoms with Gasteiger partial charge in [-0.3, -0.25) is 9.59 Å². The molecule has 1 aromatic carbocycles. The monoisotopic (exact) mass is 381 g/mol. The second kappa shape index (κ2) is 3.92. The van der Waals surface area contributed by atoms with E-state index in [0.717, 1.165) is 3.57 Å². The summed E-state index contributed by atoms with van der Waals surface area (Å²) < 4.78 is 6.80. The second-order valence-electron chi connectivity index (χ2n) is 5.62. The number of amides is 2. The number of rotatable bonds is 1. The largest absolute Gasteiger partial charge is 0.362 e. The lowest BCUT2D eigenvalue weighted by molar-refractivity contribution is -0.126. The Labute approximate surface area is 129 Å². The molecular formula is C15H12INO3. The van der Waals surface area contributed by atoms with Gasteiger partial charge in [0, 0.05) is 3.57 Å². The van der Waals surface area contributed by atoms with E-state index in [1.807, 2.05) is 37.3 Å². The summed E-state index contributed by atoms with van der Waals surface area (Å²) >= 11 is 2.18. The van der Waals surface area contributed by atoms with Crippen LogP contribution in [0.1, 0.15) is 6.92 Å². The van der Waals surface area contributed by atoms with Gasteiger partial charge in [-0.25, -0.2) is 4.90 Å².